The fourth-order valence-corrected chi connectivity index (χ4v) is 5.82. The zero-order chi connectivity index (χ0) is 14.6. The summed E-state index contributed by atoms with van der Waals surface area (Å²) < 4.78 is 0. The van der Waals surface area contributed by atoms with Gasteiger partial charge in [-0.1, -0.05) is 53.2 Å². The average molecular weight is 274 g/mol. The molecule has 20 heavy (non-hydrogen) atoms. The highest BCUT2D eigenvalue weighted by atomic mass is 14.6. The first-order valence-electron chi connectivity index (χ1n) is 8.97. The minimum Gasteiger partial charge on any atom is -0.0877 e. The van der Waals surface area contributed by atoms with Gasteiger partial charge in [-0.15, -0.1) is 0 Å². The van der Waals surface area contributed by atoms with Gasteiger partial charge >= 0.3 is 0 Å². The van der Waals surface area contributed by atoms with E-state index in [0.717, 1.165) is 17.8 Å². The second kappa shape index (κ2) is 4.62. The Morgan fingerprint density at radius 3 is 2.50 bits per heavy atom. The van der Waals surface area contributed by atoms with E-state index in [1.165, 1.54) is 44.9 Å². The number of fused-ring (bicyclic) bond motifs is 3. The van der Waals surface area contributed by atoms with Gasteiger partial charge in [-0.25, -0.2) is 0 Å². The normalized spacial score (nSPS) is 50.4. The lowest BCUT2D eigenvalue weighted by Crippen LogP contribution is -2.52. The molecule has 5 atom stereocenters. The van der Waals surface area contributed by atoms with E-state index in [9.17, 15) is 0 Å². The zero-order valence-corrected chi connectivity index (χ0v) is 14.3. The number of hydrogen-bond donors (Lipinski definition) is 0. The van der Waals surface area contributed by atoms with Crippen molar-refractivity contribution in [3.8, 4) is 0 Å². The molecule has 0 radical (unpaired) electrons. The van der Waals surface area contributed by atoms with Crippen LogP contribution < -0.4 is 0 Å². The van der Waals surface area contributed by atoms with Crippen molar-refractivity contribution in [3.63, 3.8) is 0 Å². The summed E-state index contributed by atoms with van der Waals surface area (Å²) in [6.45, 7) is 12.6. The van der Waals surface area contributed by atoms with Crippen molar-refractivity contribution in [2.75, 3.05) is 0 Å². The van der Waals surface area contributed by atoms with Gasteiger partial charge in [0.25, 0.3) is 0 Å². The van der Waals surface area contributed by atoms with Gasteiger partial charge in [0.2, 0.25) is 0 Å². The predicted molar refractivity (Wildman–Crippen MR) is 87.6 cm³/mol. The van der Waals surface area contributed by atoms with Gasteiger partial charge in [-0.2, -0.15) is 0 Å². The van der Waals surface area contributed by atoms with Crippen LogP contribution in [0, 0.1) is 34.0 Å². The van der Waals surface area contributed by atoms with Gasteiger partial charge in [-0.3, -0.25) is 0 Å². The fourth-order valence-electron chi connectivity index (χ4n) is 5.82. The predicted octanol–water partition coefficient (Wildman–Crippen LogP) is 6.22. The van der Waals surface area contributed by atoms with E-state index < -0.39 is 0 Å². The number of rotatable bonds is 1. The summed E-state index contributed by atoms with van der Waals surface area (Å²) in [5.41, 5.74) is 1.75. The van der Waals surface area contributed by atoms with Crippen LogP contribution in [-0.2, 0) is 0 Å². The van der Waals surface area contributed by atoms with Crippen molar-refractivity contribution < 1.29 is 0 Å². The molecule has 3 rings (SSSR count). The van der Waals surface area contributed by atoms with E-state index in [2.05, 4.69) is 46.8 Å². The molecule has 0 saturated heterocycles. The summed E-state index contributed by atoms with van der Waals surface area (Å²) in [5.74, 6) is 2.76. The third-order valence-electron chi connectivity index (χ3n) is 7.80. The molecule has 3 aliphatic carbocycles. The molecule has 0 aromatic rings. The van der Waals surface area contributed by atoms with E-state index in [1.54, 1.807) is 0 Å². The highest BCUT2D eigenvalue weighted by molar-refractivity contribution is 5.14. The number of allylic oxidation sites excluding steroid dienone is 2. The lowest BCUT2D eigenvalue weighted by molar-refractivity contribution is -0.0848. The first-order valence-corrected chi connectivity index (χ1v) is 8.97. The molecule has 0 heterocycles. The summed E-state index contributed by atoms with van der Waals surface area (Å²) in [5, 5.41) is 0. The first kappa shape index (κ1) is 14.7. The molecule has 0 N–H and O–H groups in total. The van der Waals surface area contributed by atoms with E-state index in [0.29, 0.717) is 16.2 Å². The van der Waals surface area contributed by atoms with Gasteiger partial charge in [0.05, 0.1) is 0 Å². The monoisotopic (exact) mass is 274 g/mol. The van der Waals surface area contributed by atoms with Crippen LogP contribution in [0.5, 0.6) is 0 Å². The molecule has 3 aliphatic rings. The second-order valence-corrected chi connectivity index (χ2v) is 9.40. The fraction of sp³-hybridized carbons (Fsp3) is 0.900. The standard InChI is InChI=1S/C20H34/c1-6-19(4)12-13-20(5)15(14-19)9-10-16-17(20)8-7-11-18(16,2)3/h7-8,15-17H,6,9-14H2,1-5H3/t15-,16-,17-,19-,20-/m1/s1. The lowest BCUT2D eigenvalue weighted by atomic mass is 9.45. The molecule has 2 fully saturated rings. The van der Waals surface area contributed by atoms with Crippen LogP contribution in [0.2, 0.25) is 0 Å². The summed E-state index contributed by atoms with van der Waals surface area (Å²) in [6, 6.07) is 0. The molecule has 0 heteroatoms. The molecule has 0 amide bonds. The Morgan fingerprint density at radius 2 is 1.80 bits per heavy atom. The molecule has 0 unspecified atom stereocenters. The van der Waals surface area contributed by atoms with Crippen LogP contribution in [0.25, 0.3) is 0 Å². The van der Waals surface area contributed by atoms with Gasteiger partial charge in [0, 0.05) is 0 Å². The maximum Gasteiger partial charge on any atom is -0.0143 e. The highest BCUT2D eigenvalue weighted by Crippen LogP contribution is 2.63. The van der Waals surface area contributed by atoms with Gasteiger partial charge < -0.3 is 0 Å². The van der Waals surface area contributed by atoms with Crippen LogP contribution >= 0.6 is 0 Å². The van der Waals surface area contributed by atoms with Crippen LogP contribution in [-0.4, -0.2) is 0 Å². The Bertz CT molecular complexity index is 404. The Balaban J connectivity index is 1.89. The molecule has 0 aromatic carbocycles. The Labute approximate surface area is 126 Å². The highest BCUT2D eigenvalue weighted by Gasteiger charge is 2.54. The summed E-state index contributed by atoms with van der Waals surface area (Å²) in [6.07, 6.45) is 15.2. The molecule has 2 saturated carbocycles. The van der Waals surface area contributed by atoms with Crippen LogP contribution in [0.3, 0.4) is 0 Å². The zero-order valence-electron chi connectivity index (χ0n) is 14.3. The Hall–Kier alpha value is -0.260. The van der Waals surface area contributed by atoms with Gasteiger partial charge in [0.15, 0.2) is 0 Å². The third-order valence-corrected chi connectivity index (χ3v) is 7.80. The smallest absolute Gasteiger partial charge is 0.0143 e. The van der Waals surface area contributed by atoms with Crippen LogP contribution in [0.15, 0.2) is 12.2 Å². The minimum absolute atomic E-state index is 0.527. The van der Waals surface area contributed by atoms with Crippen molar-refractivity contribution in [2.24, 2.45) is 34.0 Å². The first-order chi connectivity index (χ1) is 9.31. The third kappa shape index (κ3) is 2.09. The molecule has 0 aromatic heterocycles. The molecule has 114 valence electrons. The molecular formula is C20H34. The van der Waals surface area contributed by atoms with Gasteiger partial charge in [0.1, 0.15) is 0 Å². The molecule has 0 bridgehead atoms. The average Bonchev–Trinajstić information content (AvgIpc) is 2.40. The van der Waals surface area contributed by atoms with Crippen molar-refractivity contribution in [3.05, 3.63) is 12.2 Å². The Kier molecular flexibility index (Phi) is 3.39. The summed E-state index contributed by atoms with van der Waals surface area (Å²) in [4.78, 5) is 0. The maximum atomic E-state index is 2.63. The second-order valence-electron chi connectivity index (χ2n) is 9.40. The largest absolute Gasteiger partial charge is 0.0877 e. The van der Waals surface area contributed by atoms with Crippen LogP contribution in [0.4, 0.5) is 0 Å². The molecule has 0 spiro atoms. The molecule has 0 nitrogen and oxygen atoms in total. The van der Waals surface area contributed by atoms with Crippen molar-refractivity contribution in [1.29, 1.82) is 0 Å². The summed E-state index contributed by atoms with van der Waals surface area (Å²) >= 11 is 0. The van der Waals surface area contributed by atoms with E-state index >= 15 is 0 Å². The Morgan fingerprint density at radius 1 is 1.05 bits per heavy atom. The number of hydrogen-bond acceptors (Lipinski definition) is 0. The minimum atomic E-state index is 0.527. The maximum absolute atomic E-state index is 2.63. The topological polar surface area (TPSA) is 0 Å². The lowest BCUT2D eigenvalue weighted by Gasteiger charge is -2.60. The van der Waals surface area contributed by atoms with Gasteiger partial charge in [-0.05, 0) is 72.5 Å². The van der Waals surface area contributed by atoms with Crippen LogP contribution in [0.1, 0.15) is 79.6 Å². The quantitative estimate of drug-likeness (QED) is 0.498. The van der Waals surface area contributed by atoms with Crippen molar-refractivity contribution in [1.82, 2.24) is 0 Å². The van der Waals surface area contributed by atoms with E-state index in [-0.39, 0.29) is 0 Å². The molecule has 0 aliphatic heterocycles. The van der Waals surface area contributed by atoms with Crippen molar-refractivity contribution >= 4 is 0 Å². The van der Waals surface area contributed by atoms with E-state index in [1.807, 2.05) is 0 Å². The summed E-state index contributed by atoms with van der Waals surface area (Å²) in [7, 11) is 0. The van der Waals surface area contributed by atoms with Crippen molar-refractivity contribution in [2.45, 2.75) is 79.6 Å². The van der Waals surface area contributed by atoms with E-state index in [4.69, 9.17) is 0 Å². The molecular weight excluding hydrogens is 240 g/mol. The SMILES string of the molecule is CC[C@]1(C)CC[C@]2(C)[C@H](CC[C@@H]3[C@H]2C=CCC3(C)C)C1.